The summed E-state index contributed by atoms with van der Waals surface area (Å²) in [5, 5.41) is 2.51. The van der Waals surface area contributed by atoms with Gasteiger partial charge in [-0.15, -0.1) is 0 Å². The summed E-state index contributed by atoms with van der Waals surface area (Å²) >= 11 is 0. The molecule has 0 fully saturated rings. The third-order valence-electron chi connectivity index (χ3n) is 3.25. The first-order chi connectivity index (χ1) is 11.6. The van der Waals surface area contributed by atoms with Crippen LogP contribution in [0.1, 0.15) is 15.9 Å². The highest BCUT2D eigenvalue weighted by Gasteiger charge is 2.12. The molecule has 6 heteroatoms. The number of hydrogen-bond donors (Lipinski definition) is 1. The topological polar surface area (TPSA) is 73.9 Å². The summed E-state index contributed by atoms with van der Waals surface area (Å²) in [5.41, 5.74) is 1.22. The van der Waals surface area contributed by atoms with Crippen LogP contribution in [0.25, 0.3) is 0 Å². The third kappa shape index (κ3) is 5.01. The molecule has 0 atom stereocenters. The van der Waals surface area contributed by atoms with Crippen LogP contribution in [0.5, 0.6) is 11.5 Å². The molecule has 1 N–H and O–H groups in total. The second-order valence-corrected chi connectivity index (χ2v) is 4.93. The molecule has 0 heterocycles. The Morgan fingerprint density at radius 1 is 0.958 bits per heavy atom. The summed E-state index contributed by atoms with van der Waals surface area (Å²) in [6, 6.07) is 14.1. The molecular formula is C18H19NO5. The van der Waals surface area contributed by atoms with Gasteiger partial charge in [-0.3, -0.25) is 9.59 Å². The van der Waals surface area contributed by atoms with Gasteiger partial charge in [0.1, 0.15) is 24.7 Å². The van der Waals surface area contributed by atoms with E-state index in [4.69, 9.17) is 14.2 Å². The van der Waals surface area contributed by atoms with Crippen molar-refractivity contribution in [3.05, 3.63) is 59.7 Å². The number of amides is 1. The minimum atomic E-state index is -0.512. The van der Waals surface area contributed by atoms with Crippen molar-refractivity contribution in [1.29, 1.82) is 0 Å². The van der Waals surface area contributed by atoms with Gasteiger partial charge in [-0.1, -0.05) is 30.3 Å². The van der Waals surface area contributed by atoms with Gasteiger partial charge in [0.15, 0.2) is 0 Å². The van der Waals surface area contributed by atoms with Gasteiger partial charge in [-0.25, -0.2) is 0 Å². The molecule has 2 rings (SSSR count). The Morgan fingerprint density at radius 3 is 2.17 bits per heavy atom. The average Bonchev–Trinajstić information content (AvgIpc) is 2.64. The lowest BCUT2D eigenvalue weighted by Crippen LogP contribution is -2.30. The molecule has 6 nitrogen and oxygen atoms in total. The zero-order valence-electron chi connectivity index (χ0n) is 13.6. The van der Waals surface area contributed by atoms with Crippen LogP contribution in [0, 0.1) is 0 Å². The minimum absolute atomic E-state index is 0.169. The first-order valence-electron chi connectivity index (χ1n) is 7.33. The second-order valence-electron chi connectivity index (χ2n) is 4.93. The van der Waals surface area contributed by atoms with Crippen LogP contribution < -0.4 is 14.8 Å². The molecule has 2 aromatic carbocycles. The smallest absolute Gasteiger partial charge is 0.325 e. The van der Waals surface area contributed by atoms with Crippen LogP contribution in [0.4, 0.5) is 0 Å². The lowest BCUT2D eigenvalue weighted by Gasteiger charge is -2.09. The Kier molecular flexibility index (Phi) is 6.19. The molecular weight excluding hydrogens is 310 g/mol. The van der Waals surface area contributed by atoms with Crippen LogP contribution in [0.3, 0.4) is 0 Å². The molecule has 0 aliphatic heterocycles. The summed E-state index contributed by atoms with van der Waals surface area (Å²) in [7, 11) is 2.99. The number of methoxy groups -OCH3 is 2. The Labute approximate surface area is 140 Å². The van der Waals surface area contributed by atoms with E-state index < -0.39 is 11.9 Å². The Hall–Kier alpha value is -3.02. The summed E-state index contributed by atoms with van der Waals surface area (Å²) in [4.78, 5) is 23.8. The number of nitrogens with one attached hydrogen (secondary N) is 1. The predicted octanol–water partition coefficient (Wildman–Crippen LogP) is 2.18. The monoisotopic (exact) mass is 329 g/mol. The molecule has 1 amide bonds. The first kappa shape index (κ1) is 17.3. The van der Waals surface area contributed by atoms with E-state index in [1.54, 1.807) is 18.2 Å². The van der Waals surface area contributed by atoms with Crippen molar-refractivity contribution < 1.29 is 23.8 Å². The maximum absolute atomic E-state index is 12.1. The van der Waals surface area contributed by atoms with E-state index in [0.717, 1.165) is 5.56 Å². The summed E-state index contributed by atoms with van der Waals surface area (Å²) < 4.78 is 15.3. The fraction of sp³-hybridized carbons (Fsp3) is 0.222. The number of carbonyl (C=O) groups excluding carboxylic acids is 2. The van der Waals surface area contributed by atoms with Gasteiger partial charge in [0.2, 0.25) is 0 Å². The van der Waals surface area contributed by atoms with Crippen molar-refractivity contribution in [3.63, 3.8) is 0 Å². The van der Waals surface area contributed by atoms with Gasteiger partial charge in [0, 0.05) is 11.6 Å². The number of benzene rings is 2. The summed E-state index contributed by atoms with van der Waals surface area (Å²) in [6.45, 7) is -0.0479. The molecule has 0 saturated carbocycles. The molecule has 0 aromatic heterocycles. The molecule has 126 valence electrons. The molecule has 0 spiro atoms. The molecule has 0 aliphatic carbocycles. The highest BCUT2D eigenvalue weighted by atomic mass is 16.5. The van der Waals surface area contributed by atoms with Crippen molar-refractivity contribution in [1.82, 2.24) is 5.32 Å². The molecule has 0 bridgehead atoms. The van der Waals surface area contributed by atoms with Gasteiger partial charge in [0.25, 0.3) is 5.91 Å². The van der Waals surface area contributed by atoms with Crippen LogP contribution >= 0.6 is 0 Å². The Balaban J connectivity index is 1.87. The largest absolute Gasteiger partial charge is 0.497 e. The highest BCUT2D eigenvalue weighted by molar-refractivity contribution is 5.96. The number of hydrogen-bond acceptors (Lipinski definition) is 5. The molecule has 2 aromatic rings. The number of esters is 1. The summed E-state index contributed by atoms with van der Waals surface area (Å²) in [5.74, 6) is 0.0585. The van der Waals surface area contributed by atoms with Gasteiger partial charge in [-0.05, 0) is 17.7 Å². The number of rotatable bonds is 7. The SMILES string of the molecule is COc1cc(OC)cc(C(=O)NCC(=O)OCc2ccccc2)c1. The van der Waals surface area contributed by atoms with E-state index in [-0.39, 0.29) is 13.2 Å². The zero-order valence-corrected chi connectivity index (χ0v) is 13.6. The lowest BCUT2D eigenvalue weighted by molar-refractivity contribution is -0.143. The fourth-order valence-electron chi connectivity index (χ4n) is 1.98. The van der Waals surface area contributed by atoms with E-state index in [9.17, 15) is 9.59 Å². The van der Waals surface area contributed by atoms with Crippen LogP contribution in [0.2, 0.25) is 0 Å². The van der Waals surface area contributed by atoms with E-state index in [1.165, 1.54) is 14.2 Å². The van der Waals surface area contributed by atoms with Crippen LogP contribution in [-0.4, -0.2) is 32.6 Å². The van der Waals surface area contributed by atoms with E-state index in [0.29, 0.717) is 17.1 Å². The lowest BCUT2D eigenvalue weighted by atomic mass is 10.2. The molecule has 0 saturated heterocycles. The molecule has 0 radical (unpaired) electrons. The van der Waals surface area contributed by atoms with Crippen molar-refractivity contribution in [3.8, 4) is 11.5 Å². The van der Waals surface area contributed by atoms with Gasteiger partial charge >= 0.3 is 5.97 Å². The number of ether oxygens (including phenoxy) is 3. The molecule has 0 unspecified atom stereocenters. The standard InChI is InChI=1S/C18H19NO5/c1-22-15-8-14(9-16(10-15)23-2)18(21)19-11-17(20)24-12-13-6-4-3-5-7-13/h3-10H,11-12H2,1-2H3,(H,19,21). The maximum atomic E-state index is 12.1. The molecule has 0 aliphatic rings. The van der Waals surface area contributed by atoms with Crippen LogP contribution in [-0.2, 0) is 16.1 Å². The van der Waals surface area contributed by atoms with E-state index >= 15 is 0 Å². The maximum Gasteiger partial charge on any atom is 0.325 e. The molecule has 24 heavy (non-hydrogen) atoms. The third-order valence-corrected chi connectivity index (χ3v) is 3.25. The average molecular weight is 329 g/mol. The quantitative estimate of drug-likeness (QED) is 0.788. The summed E-state index contributed by atoms with van der Waals surface area (Å²) in [6.07, 6.45) is 0. The van der Waals surface area contributed by atoms with Crippen LogP contribution in [0.15, 0.2) is 48.5 Å². The van der Waals surface area contributed by atoms with Crippen molar-refractivity contribution in [2.75, 3.05) is 20.8 Å². The number of carbonyl (C=O) groups is 2. The Bertz CT molecular complexity index is 678. The van der Waals surface area contributed by atoms with Crippen molar-refractivity contribution in [2.45, 2.75) is 6.61 Å². The second kappa shape index (κ2) is 8.57. The fourth-order valence-corrected chi connectivity index (χ4v) is 1.98. The van der Waals surface area contributed by atoms with Gasteiger partial charge in [-0.2, -0.15) is 0 Å². The van der Waals surface area contributed by atoms with Gasteiger partial charge in [0.05, 0.1) is 14.2 Å². The normalized spacial score (nSPS) is 9.92. The highest BCUT2D eigenvalue weighted by Crippen LogP contribution is 2.22. The minimum Gasteiger partial charge on any atom is -0.497 e. The predicted molar refractivity (Wildman–Crippen MR) is 88.1 cm³/mol. The van der Waals surface area contributed by atoms with E-state index in [2.05, 4.69) is 5.32 Å². The van der Waals surface area contributed by atoms with Crippen molar-refractivity contribution in [2.24, 2.45) is 0 Å². The van der Waals surface area contributed by atoms with Gasteiger partial charge < -0.3 is 19.5 Å². The first-order valence-corrected chi connectivity index (χ1v) is 7.33. The van der Waals surface area contributed by atoms with E-state index in [1.807, 2.05) is 30.3 Å². The Morgan fingerprint density at radius 2 is 1.58 bits per heavy atom. The zero-order chi connectivity index (χ0) is 17.4. The van der Waals surface area contributed by atoms with Crippen molar-refractivity contribution >= 4 is 11.9 Å².